The summed E-state index contributed by atoms with van der Waals surface area (Å²) in [5, 5.41) is 8.63. The molecule has 0 aromatic heterocycles. The van der Waals surface area contributed by atoms with Gasteiger partial charge in [-0.25, -0.2) is 0 Å². The maximum Gasteiger partial charge on any atom is 0.115 e. The molecule has 0 aliphatic heterocycles. The molecular formula is C34H56OS. The summed E-state index contributed by atoms with van der Waals surface area (Å²) in [6, 6.07) is 18.2. The third-order valence-corrected chi connectivity index (χ3v) is 7.87. The summed E-state index contributed by atoms with van der Waals surface area (Å²) in [4.78, 5) is 0. The number of hydrogen-bond donors (Lipinski definition) is 1. The molecule has 36 heavy (non-hydrogen) atoms. The van der Waals surface area contributed by atoms with E-state index in [9.17, 15) is 0 Å². The van der Waals surface area contributed by atoms with Crippen molar-refractivity contribution in [3.05, 3.63) is 65.7 Å². The molecule has 2 aromatic carbocycles. The minimum Gasteiger partial charge on any atom is -0.508 e. The summed E-state index contributed by atoms with van der Waals surface area (Å²) in [7, 11) is 0. The second-order valence-electron chi connectivity index (χ2n) is 10.3. The van der Waals surface area contributed by atoms with Gasteiger partial charge in [-0.2, -0.15) is 11.8 Å². The number of benzene rings is 2. The van der Waals surface area contributed by atoms with Crippen LogP contribution in [0.1, 0.15) is 134 Å². The van der Waals surface area contributed by atoms with Crippen LogP contribution in [-0.4, -0.2) is 10.9 Å². The number of aryl methyl sites for hydroxylation is 1. The molecule has 0 unspecified atom stereocenters. The van der Waals surface area contributed by atoms with Gasteiger partial charge in [-0.15, -0.1) is 0 Å². The highest BCUT2D eigenvalue weighted by Gasteiger charge is 1.98. The van der Waals surface area contributed by atoms with Gasteiger partial charge in [0.1, 0.15) is 5.75 Å². The van der Waals surface area contributed by atoms with Crippen LogP contribution in [-0.2, 0) is 12.2 Å². The minimum atomic E-state index is 0.322. The molecule has 2 aromatic rings. The summed E-state index contributed by atoms with van der Waals surface area (Å²) in [6.45, 7) is 4.59. The van der Waals surface area contributed by atoms with Crippen molar-refractivity contribution in [3.63, 3.8) is 0 Å². The second kappa shape index (κ2) is 25.2. The van der Waals surface area contributed by atoms with Crippen LogP contribution in [0.4, 0.5) is 0 Å². The quantitative estimate of drug-likeness (QED) is 0.168. The van der Waals surface area contributed by atoms with E-state index >= 15 is 0 Å². The summed E-state index contributed by atoms with van der Waals surface area (Å²) >= 11 is 2.12. The van der Waals surface area contributed by atoms with Crippen LogP contribution in [0.15, 0.2) is 54.6 Å². The minimum absolute atomic E-state index is 0.322. The first-order valence-electron chi connectivity index (χ1n) is 15.2. The molecule has 2 heteroatoms. The first-order valence-corrected chi connectivity index (χ1v) is 16.3. The number of aromatic hydroxyl groups is 1. The average molecular weight is 513 g/mol. The highest BCUT2D eigenvalue weighted by molar-refractivity contribution is 7.98. The zero-order valence-electron chi connectivity index (χ0n) is 23.7. The van der Waals surface area contributed by atoms with Crippen molar-refractivity contribution in [2.24, 2.45) is 0 Å². The van der Waals surface area contributed by atoms with Crippen LogP contribution in [0.25, 0.3) is 0 Å². The number of thioether (sulfide) groups is 1. The lowest BCUT2D eigenvalue weighted by atomic mass is 10.0. The van der Waals surface area contributed by atoms with E-state index in [4.69, 9.17) is 5.11 Å². The van der Waals surface area contributed by atoms with Crippen molar-refractivity contribution in [2.45, 2.75) is 135 Å². The Morgan fingerprint density at radius 2 is 0.944 bits per heavy atom. The van der Waals surface area contributed by atoms with Crippen molar-refractivity contribution in [2.75, 3.05) is 5.75 Å². The SMILES string of the molecule is CCCCCCCCCCCCSCc1ccc(CCCCCCCCC)cc1.Oc1ccccc1. The van der Waals surface area contributed by atoms with Gasteiger partial charge < -0.3 is 5.11 Å². The molecular weight excluding hydrogens is 456 g/mol. The van der Waals surface area contributed by atoms with Crippen LogP contribution in [0, 0.1) is 0 Å². The Morgan fingerprint density at radius 1 is 0.500 bits per heavy atom. The lowest BCUT2D eigenvalue weighted by Crippen LogP contribution is -1.89. The number of phenols is 1. The second-order valence-corrected chi connectivity index (χ2v) is 11.4. The lowest BCUT2D eigenvalue weighted by molar-refractivity contribution is 0.475. The molecule has 0 atom stereocenters. The first-order chi connectivity index (χ1) is 17.8. The first kappa shape index (κ1) is 32.6. The molecule has 204 valence electrons. The summed E-state index contributed by atoms with van der Waals surface area (Å²) in [6.07, 6.45) is 25.4. The number of unbranched alkanes of at least 4 members (excludes halogenated alkanes) is 15. The topological polar surface area (TPSA) is 20.2 Å². The Kier molecular flexibility index (Phi) is 22.9. The van der Waals surface area contributed by atoms with Crippen LogP contribution in [0.2, 0.25) is 0 Å². The predicted molar refractivity (Wildman–Crippen MR) is 164 cm³/mol. The molecule has 0 spiro atoms. The average Bonchev–Trinajstić information content (AvgIpc) is 2.90. The standard InChI is InChI=1S/C28H50S.C6H6O/c1-3-5-7-9-11-12-13-15-17-19-25-29-26-28-23-21-27(22-24-28)20-18-16-14-10-8-6-4-2;7-6-4-2-1-3-5-6/h21-24H,3-20,25-26H2,1-2H3;1-5,7H. The molecule has 0 amide bonds. The molecule has 0 aliphatic rings. The van der Waals surface area contributed by atoms with Crippen LogP contribution in [0.3, 0.4) is 0 Å². The largest absolute Gasteiger partial charge is 0.508 e. The van der Waals surface area contributed by atoms with Crippen molar-refractivity contribution in [1.82, 2.24) is 0 Å². The van der Waals surface area contributed by atoms with Gasteiger partial charge >= 0.3 is 0 Å². The molecule has 0 saturated carbocycles. The lowest BCUT2D eigenvalue weighted by Gasteiger charge is -2.06. The zero-order valence-corrected chi connectivity index (χ0v) is 24.5. The Morgan fingerprint density at radius 3 is 1.42 bits per heavy atom. The van der Waals surface area contributed by atoms with Gasteiger partial charge in [-0.1, -0.05) is 153 Å². The maximum absolute atomic E-state index is 8.63. The molecule has 0 radical (unpaired) electrons. The third-order valence-electron chi connectivity index (χ3n) is 6.76. The van der Waals surface area contributed by atoms with Gasteiger partial charge in [0.05, 0.1) is 0 Å². The van der Waals surface area contributed by atoms with E-state index in [1.54, 1.807) is 24.3 Å². The van der Waals surface area contributed by atoms with E-state index in [2.05, 4.69) is 49.9 Å². The van der Waals surface area contributed by atoms with Gasteiger partial charge in [0.15, 0.2) is 0 Å². The van der Waals surface area contributed by atoms with Gasteiger partial charge in [0.25, 0.3) is 0 Å². The predicted octanol–water partition coefficient (Wildman–Crippen LogP) is 11.5. The molecule has 0 aliphatic carbocycles. The van der Waals surface area contributed by atoms with Crippen molar-refractivity contribution in [3.8, 4) is 5.75 Å². The molecule has 1 nitrogen and oxygen atoms in total. The van der Waals surface area contributed by atoms with Crippen molar-refractivity contribution >= 4 is 11.8 Å². The van der Waals surface area contributed by atoms with Crippen molar-refractivity contribution in [1.29, 1.82) is 0 Å². The van der Waals surface area contributed by atoms with Gasteiger partial charge in [-0.3, -0.25) is 0 Å². The molecule has 0 fully saturated rings. The number of phenolic OH excluding ortho intramolecular Hbond substituents is 1. The molecule has 0 heterocycles. The third kappa shape index (κ3) is 20.7. The Labute approximate surface area is 228 Å². The zero-order chi connectivity index (χ0) is 25.9. The molecule has 0 bridgehead atoms. The van der Waals surface area contributed by atoms with Gasteiger partial charge in [0, 0.05) is 5.75 Å². The summed E-state index contributed by atoms with van der Waals surface area (Å²) in [5.41, 5.74) is 3.03. The fourth-order valence-electron chi connectivity index (χ4n) is 4.40. The fourth-order valence-corrected chi connectivity index (χ4v) is 5.38. The van der Waals surface area contributed by atoms with Crippen molar-refractivity contribution < 1.29 is 5.11 Å². The summed E-state index contributed by atoms with van der Waals surface area (Å²) in [5.74, 6) is 2.84. The Bertz CT molecular complexity index is 682. The van der Waals surface area contributed by atoms with E-state index in [-0.39, 0.29) is 0 Å². The number of hydrogen-bond acceptors (Lipinski definition) is 2. The van der Waals surface area contributed by atoms with Crippen LogP contribution >= 0.6 is 11.8 Å². The van der Waals surface area contributed by atoms with E-state index in [1.807, 2.05) is 6.07 Å². The van der Waals surface area contributed by atoms with Gasteiger partial charge in [0.2, 0.25) is 0 Å². The van der Waals surface area contributed by atoms with Crippen LogP contribution in [0.5, 0.6) is 5.75 Å². The fraction of sp³-hybridized carbons (Fsp3) is 0.647. The summed E-state index contributed by atoms with van der Waals surface area (Å²) < 4.78 is 0. The molecule has 0 saturated heterocycles. The normalized spacial score (nSPS) is 10.7. The van der Waals surface area contributed by atoms with E-state index < -0.39 is 0 Å². The monoisotopic (exact) mass is 512 g/mol. The molecule has 2 rings (SSSR count). The highest BCUT2D eigenvalue weighted by Crippen LogP contribution is 2.18. The number of para-hydroxylation sites is 1. The Balaban J connectivity index is 0.000000789. The Hall–Kier alpha value is -1.41. The van der Waals surface area contributed by atoms with E-state index in [1.165, 1.54) is 138 Å². The molecule has 1 N–H and O–H groups in total. The van der Waals surface area contributed by atoms with Gasteiger partial charge in [-0.05, 0) is 48.3 Å². The van der Waals surface area contributed by atoms with E-state index in [0.29, 0.717) is 5.75 Å². The maximum atomic E-state index is 8.63. The smallest absolute Gasteiger partial charge is 0.115 e. The number of rotatable bonds is 21. The van der Waals surface area contributed by atoms with E-state index in [0.717, 1.165) is 0 Å². The highest BCUT2D eigenvalue weighted by atomic mass is 32.2. The van der Waals surface area contributed by atoms with Crippen LogP contribution < -0.4 is 0 Å².